The monoisotopic (exact) mass is 528 g/mol. The number of benzene rings is 3. The van der Waals surface area contributed by atoms with Crippen LogP contribution in [0.3, 0.4) is 0 Å². The van der Waals surface area contributed by atoms with E-state index in [2.05, 4.69) is 84.3 Å². The molecule has 0 spiro atoms. The lowest BCUT2D eigenvalue weighted by Gasteiger charge is -2.31. The van der Waals surface area contributed by atoms with E-state index in [-0.39, 0.29) is 0 Å². The van der Waals surface area contributed by atoms with Crippen LogP contribution in [0.15, 0.2) is 71.8 Å². The third-order valence-electron chi connectivity index (χ3n) is 9.88. The zero-order valence-corrected chi connectivity index (χ0v) is 24.6. The minimum atomic E-state index is 1.12. The van der Waals surface area contributed by atoms with E-state index < -0.39 is 0 Å². The molecule has 2 heteroatoms. The maximum Gasteiger partial charge on any atom is 0.0372 e. The van der Waals surface area contributed by atoms with E-state index in [1.165, 1.54) is 131 Å². The number of rotatable bonds is 4. The second-order valence-corrected chi connectivity index (χ2v) is 12.7. The van der Waals surface area contributed by atoms with Gasteiger partial charge in [-0.25, -0.2) is 0 Å². The number of nitrogens with zero attached hydrogens (tertiary/aromatic N) is 2. The predicted octanol–water partition coefficient (Wildman–Crippen LogP) is 10.2. The number of hydrogen-bond acceptors (Lipinski definition) is 2. The fourth-order valence-electron chi connectivity index (χ4n) is 7.49. The van der Waals surface area contributed by atoms with Crippen molar-refractivity contribution in [3.63, 3.8) is 0 Å². The molecule has 2 saturated heterocycles. The van der Waals surface area contributed by atoms with Gasteiger partial charge in [0.2, 0.25) is 0 Å². The predicted molar refractivity (Wildman–Crippen MR) is 176 cm³/mol. The van der Waals surface area contributed by atoms with Gasteiger partial charge in [-0.1, -0.05) is 47.6 Å². The summed E-state index contributed by atoms with van der Waals surface area (Å²) < 4.78 is 0. The lowest BCUT2D eigenvalue weighted by molar-refractivity contribution is 0.578. The molecule has 0 atom stereocenters. The largest absolute Gasteiger partial charge is 0.372 e. The van der Waals surface area contributed by atoms with Crippen molar-refractivity contribution >= 4 is 44.1 Å². The van der Waals surface area contributed by atoms with Gasteiger partial charge in [0.25, 0.3) is 0 Å². The quantitative estimate of drug-likeness (QED) is 0.311. The Kier molecular flexibility index (Phi) is 7.04. The second-order valence-electron chi connectivity index (χ2n) is 12.7. The van der Waals surface area contributed by atoms with Crippen LogP contribution in [0.1, 0.15) is 89.2 Å². The van der Waals surface area contributed by atoms with Crippen LogP contribution < -0.4 is 9.80 Å². The maximum absolute atomic E-state index is 2.63. The van der Waals surface area contributed by atoms with Gasteiger partial charge in [0.15, 0.2) is 0 Å². The van der Waals surface area contributed by atoms with E-state index in [0.717, 1.165) is 25.7 Å². The molecule has 0 radical (unpaired) electrons. The Bertz CT molecular complexity index is 1450. The van der Waals surface area contributed by atoms with Crippen molar-refractivity contribution in [2.75, 3.05) is 36.0 Å². The summed E-state index contributed by atoms with van der Waals surface area (Å²) in [6.45, 7) is 9.27. The highest BCUT2D eigenvalue weighted by molar-refractivity contribution is 6.17. The number of fused-ring (bicyclic) bond motifs is 2. The fraction of sp³-hybridized carbons (Fsp3) is 0.421. The van der Waals surface area contributed by atoms with Gasteiger partial charge >= 0.3 is 0 Å². The van der Waals surface area contributed by atoms with Gasteiger partial charge in [-0.2, -0.15) is 0 Å². The molecule has 0 N–H and O–H groups in total. The van der Waals surface area contributed by atoms with E-state index in [9.17, 15) is 0 Å². The Morgan fingerprint density at radius 3 is 1.25 bits per heavy atom. The summed E-state index contributed by atoms with van der Waals surface area (Å²) in [5, 5.41) is 5.77. The molecule has 40 heavy (non-hydrogen) atoms. The van der Waals surface area contributed by atoms with E-state index in [0.29, 0.717) is 0 Å². The van der Waals surface area contributed by atoms with Crippen LogP contribution in [-0.4, -0.2) is 26.2 Å². The van der Waals surface area contributed by atoms with Gasteiger partial charge in [-0.3, -0.25) is 0 Å². The fourth-order valence-corrected chi connectivity index (χ4v) is 7.49. The standard InChI is InChI=1S/C38H44N2/c1-27-9-13-29(14-10-27)37-33-19-17-32(40-23-7-4-8-24-40)26-36(33)38(30-15-11-28(2)12-16-30)34-20-18-31(25-35(34)37)39-21-5-3-6-22-39/h9,11,13,15,17-20,25-26H,3-8,10,12,14,16,21-24H2,1-2H3. The third kappa shape index (κ3) is 4.80. The highest BCUT2D eigenvalue weighted by Crippen LogP contribution is 2.46. The molecule has 0 bridgehead atoms. The van der Waals surface area contributed by atoms with Gasteiger partial charge < -0.3 is 9.80 Å². The van der Waals surface area contributed by atoms with Crippen molar-refractivity contribution in [2.45, 2.75) is 78.1 Å². The summed E-state index contributed by atoms with van der Waals surface area (Å²) in [4.78, 5) is 5.25. The molecular formula is C38H44N2. The number of piperidine rings is 2. The maximum atomic E-state index is 2.63. The van der Waals surface area contributed by atoms with Crippen LogP contribution in [0.25, 0.3) is 32.7 Å². The van der Waals surface area contributed by atoms with Gasteiger partial charge in [-0.15, -0.1) is 0 Å². The molecule has 4 aliphatic rings. The van der Waals surface area contributed by atoms with Crippen molar-refractivity contribution < 1.29 is 0 Å². The lowest BCUT2D eigenvalue weighted by Crippen LogP contribution is -2.29. The molecule has 0 saturated carbocycles. The summed E-state index contributed by atoms with van der Waals surface area (Å²) in [5.41, 5.74) is 11.7. The average Bonchev–Trinajstić information content (AvgIpc) is 3.01. The van der Waals surface area contributed by atoms with Gasteiger partial charge in [0.1, 0.15) is 0 Å². The zero-order valence-electron chi connectivity index (χ0n) is 24.6. The first-order valence-corrected chi connectivity index (χ1v) is 15.9. The normalized spacial score (nSPS) is 20.4. The Hall–Kier alpha value is -3.26. The van der Waals surface area contributed by atoms with Crippen molar-refractivity contribution in [3.05, 3.63) is 83.0 Å². The Balaban J connectivity index is 1.53. The summed E-state index contributed by atoms with van der Waals surface area (Å²) >= 11 is 0. The molecule has 2 aliphatic carbocycles. The van der Waals surface area contributed by atoms with Crippen LogP contribution in [0.5, 0.6) is 0 Å². The molecule has 2 fully saturated rings. The summed E-state index contributed by atoms with van der Waals surface area (Å²) in [5.74, 6) is 0. The molecule has 7 rings (SSSR count). The second kappa shape index (κ2) is 11.0. The van der Waals surface area contributed by atoms with Gasteiger partial charge in [-0.05, 0) is 146 Å². The Morgan fingerprint density at radius 1 is 0.450 bits per heavy atom. The molecule has 0 aromatic heterocycles. The van der Waals surface area contributed by atoms with Crippen LogP contribution in [0.4, 0.5) is 11.4 Å². The molecule has 206 valence electrons. The van der Waals surface area contributed by atoms with Crippen molar-refractivity contribution in [1.82, 2.24) is 0 Å². The molecule has 3 aromatic rings. The molecule has 0 unspecified atom stereocenters. The molecule has 2 heterocycles. The smallest absolute Gasteiger partial charge is 0.0372 e. The van der Waals surface area contributed by atoms with Crippen LogP contribution in [-0.2, 0) is 0 Å². The van der Waals surface area contributed by atoms with Crippen molar-refractivity contribution in [1.29, 1.82) is 0 Å². The van der Waals surface area contributed by atoms with Crippen LogP contribution in [0.2, 0.25) is 0 Å². The van der Waals surface area contributed by atoms with E-state index in [1.807, 2.05) is 0 Å². The summed E-state index contributed by atoms with van der Waals surface area (Å²) in [6.07, 6.45) is 22.1. The Morgan fingerprint density at radius 2 is 0.875 bits per heavy atom. The molecule has 2 nitrogen and oxygen atoms in total. The number of anilines is 2. The molecular weight excluding hydrogens is 484 g/mol. The highest BCUT2D eigenvalue weighted by atomic mass is 15.1. The van der Waals surface area contributed by atoms with Gasteiger partial charge in [0, 0.05) is 37.6 Å². The summed E-state index contributed by atoms with van der Waals surface area (Å²) in [6, 6.07) is 14.9. The minimum Gasteiger partial charge on any atom is -0.372 e. The van der Waals surface area contributed by atoms with E-state index in [1.54, 1.807) is 0 Å². The number of hydrogen-bond donors (Lipinski definition) is 0. The third-order valence-corrected chi connectivity index (χ3v) is 9.88. The zero-order chi connectivity index (χ0) is 27.1. The van der Waals surface area contributed by atoms with Crippen molar-refractivity contribution in [3.8, 4) is 0 Å². The minimum absolute atomic E-state index is 1.12. The van der Waals surface area contributed by atoms with Crippen LogP contribution >= 0.6 is 0 Å². The molecule has 3 aromatic carbocycles. The lowest BCUT2D eigenvalue weighted by atomic mass is 9.81. The van der Waals surface area contributed by atoms with E-state index >= 15 is 0 Å². The molecule has 2 aliphatic heterocycles. The topological polar surface area (TPSA) is 6.48 Å². The first-order chi connectivity index (χ1) is 19.7. The van der Waals surface area contributed by atoms with Crippen LogP contribution in [0, 0.1) is 0 Å². The summed E-state index contributed by atoms with van der Waals surface area (Å²) in [7, 11) is 0. The SMILES string of the molecule is CC1=CC=C(c2c3ccc(N4CCCCC4)cc3c(C3=CC=C(C)CC3)c3ccc(N4CCCCC4)cc23)CC1. The first kappa shape index (κ1) is 25.7. The Labute approximate surface area is 240 Å². The average molecular weight is 529 g/mol. The highest BCUT2D eigenvalue weighted by Gasteiger charge is 2.23. The number of allylic oxidation sites excluding steroid dienone is 8. The van der Waals surface area contributed by atoms with E-state index in [4.69, 9.17) is 0 Å². The van der Waals surface area contributed by atoms with Gasteiger partial charge in [0.05, 0.1) is 0 Å². The first-order valence-electron chi connectivity index (χ1n) is 15.9. The van der Waals surface area contributed by atoms with Crippen molar-refractivity contribution in [2.24, 2.45) is 0 Å². The molecule has 0 amide bonds.